The highest BCUT2D eigenvalue weighted by Gasteiger charge is 2.31. The molecule has 0 aromatic heterocycles. The molecule has 2 heteroatoms. The first-order valence-corrected chi connectivity index (χ1v) is 4.80. The number of alkyl halides is 1. The molecule has 0 aromatic rings. The summed E-state index contributed by atoms with van der Waals surface area (Å²) in [7, 11) is 0. The summed E-state index contributed by atoms with van der Waals surface area (Å²) in [6, 6.07) is 0. The zero-order chi connectivity index (χ0) is 9.35. The smallest absolute Gasteiger partial charge is 0.115 e. The number of hydrogen-bond donors (Lipinski definition) is 0. The van der Waals surface area contributed by atoms with Gasteiger partial charge in [0.1, 0.15) is 6.17 Å². The van der Waals surface area contributed by atoms with E-state index in [1.807, 2.05) is 6.92 Å². The van der Waals surface area contributed by atoms with Gasteiger partial charge < -0.3 is 0 Å². The summed E-state index contributed by atoms with van der Waals surface area (Å²) in [4.78, 5) is 2.23. The van der Waals surface area contributed by atoms with E-state index in [1.54, 1.807) is 0 Å². The zero-order valence-corrected chi connectivity index (χ0v) is 8.60. The van der Waals surface area contributed by atoms with E-state index >= 15 is 0 Å². The van der Waals surface area contributed by atoms with Crippen LogP contribution in [0.5, 0.6) is 0 Å². The third-order valence-corrected chi connectivity index (χ3v) is 2.82. The Bertz CT molecular complexity index is 150. The summed E-state index contributed by atoms with van der Waals surface area (Å²) in [5.74, 6) is 0.253. The molecule has 0 radical (unpaired) electrons. The molecule has 1 nitrogen and oxygen atoms in total. The van der Waals surface area contributed by atoms with E-state index in [-0.39, 0.29) is 11.5 Å². The largest absolute Gasteiger partial charge is 0.296 e. The Balaban J connectivity index is 2.51. The second kappa shape index (κ2) is 3.33. The van der Waals surface area contributed by atoms with Crippen molar-refractivity contribution in [1.82, 2.24) is 4.90 Å². The minimum absolute atomic E-state index is 0.129. The van der Waals surface area contributed by atoms with Crippen LogP contribution in [-0.2, 0) is 0 Å². The molecule has 0 bridgehead atoms. The molecular weight excluding hydrogens is 153 g/mol. The first kappa shape index (κ1) is 9.97. The maximum atomic E-state index is 13.3. The van der Waals surface area contributed by atoms with Crippen molar-refractivity contribution in [1.29, 1.82) is 0 Å². The van der Waals surface area contributed by atoms with Crippen LogP contribution in [0.15, 0.2) is 0 Å². The summed E-state index contributed by atoms with van der Waals surface area (Å²) < 4.78 is 13.3. The molecule has 0 N–H and O–H groups in total. The molecule has 1 saturated heterocycles. The summed E-state index contributed by atoms with van der Waals surface area (Å²) in [6.07, 6.45) is 0.372. The van der Waals surface area contributed by atoms with Gasteiger partial charge in [-0.25, -0.2) is 4.39 Å². The van der Waals surface area contributed by atoms with E-state index < -0.39 is 6.17 Å². The minimum atomic E-state index is -0.627. The van der Waals surface area contributed by atoms with Crippen LogP contribution in [0.3, 0.4) is 0 Å². The number of rotatable bonds is 0. The minimum Gasteiger partial charge on any atom is -0.296 e. The maximum absolute atomic E-state index is 13.3. The molecule has 0 unspecified atom stereocenters. The van der Waals surface area contributed by atoms with Gasteiger partial charge in [0.05, 0.1) is 0 Å². The monoisotopic (exact) mass is 173 g/mol. The Morgan fingerprint density at radius 3 is 2.33 bits per heavy atom. The van der Waals surface area contributed by atoms with Crippen molar-refractivity contribution in [3.8, 4) is 0 Å². The van der Waals surface area contributed by atoms with E-state index in [4.69, 9.17) is 0 Å². The van der Waals surface area contributed by atoms with E-state index in [0.717, 1.165) is 13.0 Å². The highest BCUT2D eigenvalue weighted by Crippen LogP contribution is 2.25. The summed E-state index contributed by atoms with van der Waals surface area (Å²) in [6.45, 7) is 10.1. The fourth-order valence-corrected chi connectivity index (χ4v) is 1.63. The molecule has 72 valence electrons. The summed E-state index contributed by atoms with van der Waals surface area (Å²) in [5.41, 5.74) is 0.129. The van der Waals surface area contributed by atoms with Gasteiger partial charge in [0.2, 0.25) is 0 Å². The standard InChI is InChI=1S/C10H20FN/c1-8-5-6-12(7-9(8)11)10(2,3)4/h8-9H,5-7H2,1-4H3/t8-,9-/m1/s1. The number of nitrogens with zero attached hydrogens (tertiary/aromatic N) is 1. The molecule has 2 atom stereocenters. The van der Waals surface area contributed by atoms with Crippen molar-refractivity contribution in [2.45, 2.75) is 45.8 Å². The van der Waals surface area contributed by atoms with Gasteiger partial charge in [0.25, 0.3) is 0 Å². The van der Waals surface area contributed by atoms with Crippen LogP contribution in [0, 0.1) is 5.92 Å². The first-order chi connectivity index (χ1) is 5.41. The highest BCUT2D eigenvalue weighted by molar-refractivity contribution is 4.85. The van der Waals surface area contributed by atoms with Crippen LogP contribution in [0.25, 0.3) is 0 Å². The Kier molecular flexibility index (Phi) is 2.77. The molecule has 1 aliphatic heterocycles. The molecule has 0 aliphatic carbocycles. The summed E-state index contributed by atoms with van der Waals surface area (Å²) in [5, 5.41) is 0. The Morgan fingerprint density at radius 1 is 1.33 bits per heavy atom. The molecule has 0 amide bonds. The number of halogens is 1. The van der Waals surface area contributed by atoms with Gasteiger partial charge in [0, 0.05) is 12.1 Å². The Morgan fingerprint density at radius 2 is 1.92 bits per heavy atom. The molecule has 1 aliphatic rings. The normalized spacial score (nSPS) is 33.8. The second-order valence-electron chi connectivity index (χ2n) is 4.90. The van der Waals surface area contributed by atoms with Gasteiger partial charge in [0.15, 0.2) is 0 Å². The zero-order valence-electron chi connectivity index (χ0n) is 8.60. The highest BCUT2D eigenvalue weighted by atomic mass is 19.1. The van der Waals surface area contributed by atoms with Crippen LogP contribution in [-0.4, -0.2) is 29.7 Å². The van der Waals surface area contributed by atoms with Crippen molar-refractivity contribution in [2.75, 3.05) is 13.1 Å². The number of hydrogen-bond acceptors (Lipinski definition) is 1. The topological polar surface area (TPSA) is 3.24 Å². The van der Waals surface area contributed by atoms with Crippen molar-refractivity contribution < 1.29 is 4.39 Å². The van der Waals surface area contributed by atoms with Gasteiger partial charge in [-0.2, -0.15) is 0 Å². The molecule has 1 rings (SSSR count). The van der Waals surface area contributed by atoms with E-state index in [2.05, 4.69) is 25.7 Å². The molecular formula is C10H20FN. The molecule has 0 saturated carbocycles. The predicted octanol–water partition coefficient (Wildman–Crippen LogP) is 2.46. The van der Waals surface area contributed by atoms with Crippen LogP contribution in [0.2, 0.25) is 0 Å². The second-order valence-corrected chi connectivity index (χ2v) is 4.90. The maximum Gasteiger partial charge on any atom is 0.115 e. The molecule has 12 heavy (non-hydrogen) atoms. The van der Waals surface area contributed by atoms with Gasteiger partial charge in [-0.15, -0.1) is 0 Å². The fraction of sp³-hybridized carbons (Fsp3) is 1.00. The average molecular weight is 173 g/mol. The van der Waals surface area contributed by atoms with Gasteiger partial charge >= 0.3 is 0 Å². The SMILES string of the molecule is C[C@@H]1CCN(C(C)(C)C)C[C@H]1F. The van der Waals surface area contributed by atoms with Crippen molar-refractivity contribution in [2.24, 2.45) is 5.92 Å². The van der Waals surface area contributed by atoms with Crippen LogP contribution < -0.4 is 0 Å². The average Bonchev–Trinajstić information content (AvgIpc) is 1.92. The van der Waals surface area contributed by atoms with Gasteiger partial charge in [-0.05, 0) is 39.7 Å². The lowest BCUT2D eigenvalue weighted by Crippen LogP contribution is -2.50. The number of piperidine rings is 1. The lowest BCUT2D eigenvalue weighted by Gasteiger charge is -2.41. The van der Waals surface area contributed by atoms with E-state index in [1.165, 1.54) is 0 Å². The molecule has 1 heterocycles. The van der Waals surface area contributed by atoms with Crippen LogP contribution >= 0.6 is 0 Å². The van der Waals surface area contributed by atoms with Gasteiger partial charge in [-0.1, -0.05) is 6.92 Å². The lowest BCUT2D eigenvalue weighted by molar-refractivity contribution is 0.0337. The molecule has 0 aromatic carbocycles. The third-order valence-electron chi connectivity index (χ3n) is 2.82. The third kappa shape index (κ3) is 2.19. The molecule has 0 spiro atoms. The predicted molar refractivity (Wildman–Crippen MR) is 50.0 cm³/mol. The number of likely N-dealkylation sites (tertiary alicyclic amines) is 1. The van der Waals surface area contributed by atoms with Crippen molar-refractivity contribution in [3.05, 3.63) is 0 Å². The summed E-state index contributed by atoms with van der Waals surface area (Å²) >= 11 is 0. The molecule has 1 fully saturated rings. The Hall–Kier alpha value is -0.110. The van der Waals surface area contributed by atoms with E-state index in [9.17, 15) is 4.39 Å². The van der Waals surface area contributed by atoms with Gasteiger partial charge in [-0.3, -0.25) is 4.90 Å². The fourth-order valence-electron chi connectivity index (χ4n) is 1.63. The quantitative estimate of drug-likeness (QED) is 0.544. The van der Waals surface area contributed by atoms with Crippen molar-refractivity contribution >= 4 is 0 Å². The van der Waals surface area contributed by atoms with E-state index in [0.29, 0.717) is 6.54 Å². The first-order valence-electron chi connectivity index (χ1n) is 4.80. The van der Waals surface area contributed by atoms with Crippen LogP contribution in [0.4, 0.5) is 4.39 Å². The lowest BCUT2D eigenvalue weighted by atomic mass is 9.93. The Labute approximate surface area is 74.9 Å². The van der Waals surface area contributed by atoms with Crippen LogP contribution in [0.1, 0.15) is 34.1 Å². The van der Waals surface area contributed by atoms with Crippen molar-refractivity contribution in [3.63, 3.8) is 0 Å².